The summed E-state index contributed by atoms with van der Waals surface area (Å²) in [6.45, 7) is 0. The predicted octanol–water partition coefficient (Wildman–Crippen LogP) is 3.26. The van der Waals surface area contributed by atoms with Crippen molar-refractivity contribution in [1.29, 1.82) is 5.26 Å². The summed E-state index contributed by atoms with van der Waals surface area (Å²) < 4.78 is 0. The molecule has 1 nitrogen and oxygen atoms in total. The molecule has 0 bridgehead atoms. The largest absolute Gasteiger partial charge is 0.198 e. The van der Waals surface area contributed by atoms with Crippen LogP contribution in [-0.2, 0) is 0 Å². The van der Waals surface area contributed by atoms with E-state index >= 15 is 0 Å². The summed E-state index contributed by atoms with van der Waals surface area (Å²) >= 11 is 0. The van der Waals surface area contributed by atoms with Crippen LogP contribution in [0, 0.1) is 22.7 Å². The molecule has 0 aromatic rings. The van der Waals surface area contributed by atoms with Gasteiger partial charge in [0.25, 0.3) is 0 Å². The monoisotopic (exact) mass is 163 g/mol. The normalized spacial score (nSPS) is 41.4. The molecule has 66 valence electrons. The van der Waals surface area contributed by atoms with Crippen LogP contribution in [0.5, 0.6) is 0 Å². The highest BCUT2D eigenvalue weighted by atomic mass is 14.5. The number of hydrogen-bond acceptors (Lipinski definition) is 1. The first kappa shape index (κ1) is 8.10. The summed E-state index contributed by atoms with van der Waals surface area (Å²) in [5.74, 6) is 0.755. The maximum absolute atomic E-state index is 9.23. The molecule has 0 unspecified atom stereocenters. The van der Waals surface area contributed by atoms with Crippen LogP contribution in [0.4, 0.5) is 0 Å². The van der Waals surface area contributed by atoms with Crippen molar-refractivity contribution in [2.75, 3.05) is 0 Å². The summed E-state index contributed by atoms with van der Waals surface area (Å²) in [6.07, 6.45) is 10.4. The fourth-order valence-electron chi connectivity index (χ4n) is 3.10. The van der Waals surface area contributed by atoms with Crippen molar-refractivity contribution in [3.8, 4) is 6.07 Å². The Morgan fingerprint density at radius 1 is 1.00 bits per heavy atom. The molecule has 2 aliphatic rings. The van der Waals surface area contributed by atoms with Crippen LogP contribution in [-0.4, -0.2) is 0 Å². The zero-order valence-electron chi connectivity index (χ0n) is 7.68. The van der Waals surface area contributed by atoms with Crippen molar-refractivity contribution in [2.24, 2.45) is 11.3 Å². The SMILES string of the molecule is N#CC12CCCCC1CCCC2. The van der Waals surface area contributed by atoms with Crippen molar-refractivity contribution in [3.05, 3.63) is 0 Å². The minimum absolute atomic E-state index is 0.122. The number of rotatable bonds is 0. The number of hydrogen-bond donors (Lipinski definition) is 0. The van der Waals surface area contributed by atoms with E-state index in [9.17, 15) is 5.26 Å². The van der Waals surface area contributed by atoms with Crippen LogP contribution in [0.1, 0.15) is 51.4 Å². The zero-order valence-corrected chi connectivity index (χ0v) is 7.68. The highest BCUT2D eigenvalue weighted by Crippen LogP contribution is 2.49. The van der Waals surface area contributed by atoms with Gasteiger partial charge < -0.3 is 0 Å². The Morgan fingerprint density at radius 2 is 1.58 bits per heavy atom. The van der Waals surface area contributed by atoms with Crippen LogP contribution in [0.25, 0.3) is 0 Å². The fraction of sp³-hybridized carbons (Fsp3) is 0.909. The lowest BCUT2D eigenvalue weighted by Crippen LogP contribution is -2.35. The Balaban J connectivity index is 2.16. The van der Waals surface area contributed by atoms with Crippen LogP contribution in [0.15, 0.2) is 0 Å². The van der Waals surface area contributed by atoms with Gasteiger partial charge in [-0.1, -0.05) is 25.7 Å². The first-order chi connectivity index (χ1) is 5.87. The minimum Gasteiger partial charge on any atom is -0.198 e. The van der Waals surface area contributed by atoms with Gasteiger partial charge in [0.2, 0.25) is 0 Å². The van der Waals surface area contributed by atoms with Gasteiger partial charge in [0.15, 0.2) is 0 Å². The standard InChI is InChI=1S/C11H17N/c12-9-11-7-3-1-5-10(11)6-2-4-8-11/h10H,1-8H2. The third-order valence-corrected chi connectivity index (χ3v) is 3.86. The number of fused-ring (bicyclic) bond motifs is 1. The summed E-state index contributed by atoms with van der Waals surface area (Å²) in [5, 5.41) is 9.23. The second-order valence-electron chi connectivity index (χ2n) is 4.46. The predicted molar refractivity (Wildman–Crippen MR) is 48.5 cm³/mol. The van der Waals surface area contributed by atoms with E-state index in [0.29, 0.717) is 0 Å². The van der Waals surface area contributed by atoms with Crippen molar-refractivity contribution < 1.29 is 0 Å². The molecule has 0 heterocycles. The van der Waals surface area contributed by atoms with Crippen LogP contribution in [0.3, 0.4) is 0 Å². The molecule has 0 aromatic heterocycles. The van der Waals surface area contributed by atoms with Gasteiger partial charge in [0, 0.05) is 0 Å². The second-order valence-corrected chi connectivity index (χ2v) is 4.46. The maximum atomic E-state index is 9.23. The first-order valence-electron chi connectivity index (χ1n) is 5.29. The maximum Gasteiger partial charge on any atom is 0.0692 e. The van der Waals surface area contributed by atoms with E-state index in [1.54, 1.807) is 0 Å². The molecule has 0 amide bonds. The topological polar surface area (TPSA) is 23.8 Å². The molecule has 2 aliphatic carbocycles. The average Bonchev–Trinajstić information content (AvgIpc) is 2.18. The Bertz CT molecular complexity index is 190. The van der Waals surface area contributed by atoms with E-state index in [1.165, 1.54) is 51.4 Å². The van der Waals surface area contributed by atoms with Gasteiger partial charge in [0.1, 0.15) is 0 Å². The lowest BCUT2D eigenvalue weighted by atomic mass is 9.60. The minimum atomic E-state index is 0.122. The van der Waals surface area contributed by atoms with Gasteiger partial charge in [0.05, 0.1) is 11.5 Å². The molecule has 0 saturated heterocycles. The molecule has 1 heteroatoms. The van der Waals surface area contributed by atoms with Gasteiger partial charge in [-0.05, 0) is 31.6 Å². The summed E-state index contributed by atoms with van der Waals surface area (Å²) in [4.78, 5) is 0. The Morgan fingerprint density at radius 3 is 2.00 bits per heavy atom. The third-order valence-electron chi connectivity index (χ3n) is 3.86. The van der Waals surface area contributed by atoms with Crippen LogP contribution in [0.2, 0.25) is 0 Å². The average molecular weight is 163 g/mol. The number of nitrogens with zero attached hydrogens (tertiary/aromatic N) is 1. The highest BCUT2D eigenvalue weighted by molar-refractivity contribution is 5.06. The second kappa shape index (κ2) is 3.09. The molecular weight excluding hydrogens is 146 g/mol. The van der Waals surface area contributed by atoms with Crippen molar-refractivity contribution in [2.45, 2.75) is 51.4 Å². The lowest BCUT2D eigenvalue weighted by molar-refractivity contribution is 0.102. The molecule has 0 N–H and O–H groups in total. The van der Waals surface area contributed by atoms with Gasteiger partial charge in [-0.2, -0.15) is 5.26 Å². The van der Waals surface area contributed by atoms with Crippen molar-refractivity contribution in [1.82, 2.24) is 0 Å². The quantitative estimate of drug-likeness (QED) is 0.537. The molecule has 0 aromatic carbocycles. The molecule has 12 heavy (non-hydrogen) atoms. The third kappa shape index (κ3) is 1.14. The first-order valence-corrected chi connectivity index (χ1v) is 5.29. The summed E-state index contributed by atoms with van der Waals surface area (Å²) in [6, 6.07) is 2.62. The van der Waals surface area contributed by atoms with E-state index in [-0.39, 0.29) is 5.41 Å². The molecule has 0 radical (unpaired) electrons. The molecular formula is C11H17N. The smallest absolute Gasteiger partial charge is 0.0692 e. The van der Waals surface area contributed by atoms with E-state index in [2.05, 4.69) is 6.07 Å². The van der Waals surface area contributed by atoms with Crippen LogP contribution >= 0.6 is 0 Å². The Kier molecular flexibility index (Phi) is 2.09. The van der Waals surface area contributed by atoms with Gasteiger partial charge in [-0.3, -0.25) is 0 Å². The molecule has 2 saturated carbocycles. The molecule has 0 atom stereocenters. The molecule has 0 spiro atoms. The zero-order chi connectivity index (χ0) is 8.44. The molecule has 0 aliphatic heterocycles. The van der Waals surface area contributed by atoms with Gasteiger partial charge in [-0.25, -0.2) is 0 Å². The summed E-state index contributed by atoms with van der Waals surface area (Å²) in [7, 11) is 0. The van der Waals surface area contributed by atoms with Crippen molar-refractivity contribution >= 4 is 0 Å². The van der Waals surface area contributed by atoms with E-state index in [0.717, 1.165) is 5.92 Å². The lowest BCUT2D eigenvalue weighted by Gasteiger charge is -2.42. The fourth-order valence-corrected chi connectivity index (χ4v) is 3.10. The van der Waals surface area contributed by atoms with Crippen LogP contribution < -0.4 is 0 Å². The Labute approximate surface area is 74.8 Å². The van der Waals surface area contributed by atoms with E-state index in [1.807, 2.05) is 0 Å². The van der Waals surface area contributed by atoms with E-state index in [4.69, 9.17) is 0 Å². The highest BCUT2D eigenvalue weighted by Gasteiger charge is 2.42. The van der Waals surface area contributed by atoms with Crippen molar-refractivity contribution in [3.63, 3.8) is 0 Å². The number of nitriles is 1. The molecule has 2 rings (SSSR count). The summed E-state index contributed by atoms with van der Waals surface area (Å²) in [5.41, 5.74) is 0.122. The Hall–Kier alpha value is -0.510. The van der Waals surface area contributed by atoms with E-state index < -0.39 is 0 Å². The van der Waals surface area contributed by atoms with Gasteiger partial charge >= 0.3 is 0 Å². The molecule has 2 fully saturated rings. The van der Waals surface area contributed by atoms with Gasteiger partial charge in [-0.15, -0.1) is 0 Å².